The molecular formula is C23H23F3N4O6S2. The predicted molar refractivity (Wildman–Crippen MR) is 134 cm³/mol. The van der Waals surface area contributed by atoms with Crippen LogP contribution in [0.5, 0.6) is 5.75 Å². The highest BCUT2D eigenvalue weighted by molar-refractivity contribution is 7.89. The number of carbonyl (C=O) groups is 2. The van der Waals surface area contributed by atoms with E-state index >= 15 is 0 Å². The maximum atomic E-state index is 12.9. The Bertz CT molecular complexity index is 1470. The van der Waals surface area contributed by atoms with E-state index in [2.05, 4.69) is 4.72 Å². The van der Waals surface area contributed by atoms with Crippen LogP contribution in [0.2, 0.25) is 0 Å². The third kappa shape index (κ3) is 6.79. The van der Waals surface area contributed by atoms with Gasteiger partial charge in [0, 0.05) is 13.1 Å². The van der Waals surface area contributed by atoms with E-state index in [9.17, 15) is 26.4 Å². The Morgan fingerprint density at radius 2 is 1.89 bits per heavy atom. The van der Waals surface area contributed by atoms with Crippen LogP contribution >= 0.6 is 11.3 Å². The normalized spacial score (nSPS) is 15.7. The number of nitrogens with one attached hydrogen (secondary N) is 2. The summed E-state index contributed by atoms with van der Waals surface area (Å²) in [6.07, 6.45) is -4.71. The summed E-state index contributed by atoms with van der Waals surface area (Å²) in [6.45, 7) is 0.722. The number of thiophene rings is 1. The van der Waals surface area contributed by atoms with E-state index in [1.807, 2.05) is 23.6 Å². The van der Waals surface area contributed by atoms with Gasteiger partial charge in [-0.1, -0.05) is 12.1 Å². The number of aliphatic carboxylic acids is 1. The molecule has 204 valence electrons. The average Bonchev–Trinajstić information content (AvgIpc) is 3.45. The number of carboxylic acids is 1. The second kappa shape index (κ2) is 11.4. The lowest BCUT2D eigenvalue weighted by atomic mass is 10.1. The fourth-order valence-electron chi connectivity index (χ4n) is 3.66. The molecule has 38 heavy (non-hydrogen) atoms. The number of nitrogens with two attached hydrogens (primary N) is 1. The summed E-state index contributed by atoms with van der Waals surface area (Å²) in [6, 6.07) is 11.3. The Balaban J connectivity index is 0.000000505. The van der Waals surface area contributed by atoms with Gasteiger partial charge in [0.2, 0.25) is 15.9 Å². The Hall–Kier alpha value is -3.69. The second-order valence-corrected chi connectivity index (χ2v) is 10.7. The molecule has 4 rings (SSSR count). The lowest BCUT2D eigenvalue weighted by Crippen LogP contribution is -2.41. The van der Waals surface area contributed by atoms with Gasteiger partial charge < -0.3 is 20.5 Å². The monoisotopic (exact) mass is 572 g/mol. The molecule has 2 aromatic carbocycles. The Labute approximate surface area is 219 Å². The van der Waals surface area contributed by atoms with Gasteiger partial charge in [-0.3, -0.25) is 10.2 Å². The highest BCUT2D eigenvalue weighted by Gasteiger charge is 2.38. The van der Waals surface area contributed by atoms with E-state index in [0.717, 1.165) is 16.3 Å². The van der Waals surface area contributed by atoms with Crippen LogP contribution in [0.1, 0.15) is 16.9 Å². The van der Waals surface area contributed by atoms with Crippen LogP contribution < -0.4 is 15.2 Å². The van der Waals surface area contributed by atoms with E-state index in [0.29, 0.717) is 30.1 Å². The first-order valence-electron chi connectivity index (χ1n) is 10.8. The SMILES string of the molecule is COc1ccc2ccc(S(=O)(=O)NC3CCN(Cc4ccsc4C(=N)N)C3=O)cc2c1.O=C(O)C(F)(F)F. The highest BCUT2D eigenvalue weighted by atomic mass is 32.2. The number of sulfonamides is 1. The molecule has 0 saturated carbocycles. The predicted octanol–water partition coefficient (Wildman–Crippen LogP) is 2.91. The number of likely N-dealkylation sites (tertiary alicyclic amines) is 1. The van der Waals surface area contributed by atoms with Crippen LogP contribution in [0.15, 0.2) is 52.7 Å². The number of carboxylic acid groups (broad SMARTS) is 1. The molecule has 1 unspecified atom stereocenters. The smallest absolute Gasteiger partial charge is 0.490 e. The number of rotatable bonds is 7. The summed E-state index contributed by atoms with van der Waals surface area (Å²) < 4.78 is 65.4. The minimum Gasteiger partial charge on any atom is -0.497 e. The molecule has 0 spiro atoms. The molecule has 1 fully saturated rings. The molecule has 1 amide bonds. The third-order valence-corrected chi connectivity index (χ3v) is 7.98. The molecule has 1 aliphatic rings. The topological polar surface area (TPSA) is 163 Å². The number of nitrogens with zero attached hydrogens (tertiary/aromatic N) is 1. The molecule has 0 aliphatic carbocycles. The Morgan fingerprint density at radius 1 is 1.24 bits per heavy atom. The highest BCUT2D eigenvalue weighted by Crippen LogP contribution is 2.25. The Morgan fingerprint density at radius 3 is 2.50 bits per heavy atom. The van der Waals surface area contributed by atoms with Crippen molar-refractivity contribution in [2.75, 3.05) is 13.7 Å². The van der Waals surface area contributed by atoms with E-state index in [1.54, 1.807) is 30.2 Å². The van der Waals surface area contributed by atoms with Gasteiger partial charge in [-0.15, -0.1) is 11.3 Å². The molecule has 10 nitrogen and oxygen atoms in total. The minimum absolute atomic E-state index is 0.0400. The molecule has 3 aromatic rings. The van der Waals surface area contributed by atoms with E-state index in [1.165, 1.54) is 17.4 Å². The van der Waals surface area contributed by atoms with Gasteiger partial charge in [0.05, 0.1) is 16.9 Å². The van der Waals surface area contributed by atoms with Crippen molar-refractivity contribution in [3.8, 4) is 5.75 Å². The number of hydrogen-bond donors (Lipinski definition) is 4. The largest absolute Gasteiger partial charge is 0.497 e. The molecule has 1 saturated heterocycles. The van der Waals surface area contributed by atoms with Crippen molar-refractivity contribution in [2.45, 2.75) is 30.1 Å². The summed E-state index contributed by atoms with van der Waals surface area (Å²) in [5.74, 6) is -2.45. The lowest BCUT2D eigenvalue weighted by molar-refractivity contribution is -0.192. The van der Waals surface area contributed by atoms with E-state index in [-0.39, 0.29) is 16.6 Å². The van der Waals surface area contributed by atoms with Crippen LogP contribution in [-0.4, -0.2) is 62.0 Å². The summed E-state index contributed by atoms with van der Waals surface area (Å²) >= 11 is 1.35. The summed E-state index contributed by atoms with van der Waals surface area (Å²) in [5, 5.41) is 18.2. The van der Waals surface area contributed by atoms with Crippen molar-refractivity contribution in [2.24, 2.45) is 5.73 Å². The minimum atomic E-state index is -5.08. The molecule has 2 heterocycles. The first-order valence-corrected chi connectivity index (χ1v) is 13.2. The van der Waals surface area contributed by atoms with Crippen LogP contribution in [0.3, 0.4) is 0 Å². The van der Waals surface area contributed by atoms with Gasteiger partial charge in [0.1, 0.15) is 17.6 Å². The molecular weight excluding hydrogens is 549 g/mol. The number of amidine groups is 1. The number of fused-ring (bicyclic) bond motifs is 1. The van der Waals surface area contributed by atoms with Gasteiger partial charge >= 0.3 is 12.1 Å². The number of alkyl halides is 3. The first kappa shape index (κ1) is 28.9. The van der Waals surface area contributed by atoms with Gasteiger partial charge in [-0.05, 0) is 58.5 Å². The van der Waals surface area contributed by atoms with Gasteiger partial charge in [-0.2, -0.15) is 17.9 Å². The summed E-state index contributed by atoms with van der Waals surface area (Å²) in [4.78, 5) is 24.0. The van der Waals surface area contributed by atoms with Crippen molar-refractivity contribution in [3.63, 3.8) is 0 Å². The molecule has 15 heteroatoms. The molecule has 0 radical (unpaired) electrons. The number of nitrogen functional groups attached to an aromatic ring is 1. The van der Waals surface area contributed by atoms with Crippen molar-refractivity contribution in [1.82, 2.24) is 9.62 Å². The van der Waals surface area contributed by atoms with Crippen molar-refractivity contribution in [1.29, 1.82) is 5.41 Å². The van der Waals surface area contributed by atoms with Crippen molar-refractivity contribution >= 4 is 49.8 Å². The van der Waals surface area contributed by atoms with Crippen LogP contribution in [0.4, 0.5) is 13.2 Å². The number of methoxy groups -OCH3 is 1. The molecule has 0 bridgehead atoms. The maximum absolute atomic E-state index is 12.9. The number of carbonyl (C=O) groups excluding carboxylic acids is 1. The number of hydrogen-bond acceptors (Lipinski definition) is 7. The molecule has 1 atom stereocenters. The quantitative estimate of drug-likeness (QED) is 0.250. The third-order valence-electron chi connectivity index (χ3n) is 5.52. The number of benzene rings is 2. The number of amides is 1. The standard InChI is InChI=1S/C21H22N4O4S2.C2HF3O2/c1-29-16-4-2-13-3-5-17(11-15(13)10-16)31(27,28)24-18-6-8-25(21(18)26)12-14-7-9-30-19(14)20(22)23;3-2(4,5)1(6)7/h2-5,7,9-11,18,24H,6,8,12H2,1H3,(H3,22,23);(H,6,7). The van der Waals surface area contributed by atoms with Gasteiger partial charge in [0.15, 0.2) is 0 Å². The fraction of sp³-hybridized carbons (Fsp3) is 0.261. The fourth-order valence-corrected chi connectivity index (χ4v) is 5.70. The maximum Gasteiger partial charge on any atom is 0.490 e. The zero-order valence-corrected chi connectivity index (χ0v) is 21.4. The Kier molecular flexibility index (Phi) is 8.64. The van der Waals surface area contributed by atoms with Crippen LogP contribution in [0.25, 0.3) is 10.8 Å². The van der Waals surface area contributed by atoms with Crippen molar-refractivity contribution < 1.29 is 41.0 Å². The molecule has 5 N–H and O–H groups in total. The average molecular weight is 573 g/mol. The zero-order valence-electron chi connectivity index (χ0n) is 19.8. The van der Waals surface area contributed by atoms with Crippen LogP contribution in [-0.2, 0) is 26.2 Å². The summed E-state index contributed by atoms with van der Waals surface area (Å²) in [5.41, 5.74) is 6.38. The first-order chi connectivity index (χ1) is 17.7. The number of ether oxygens (including phenoxy) is 1. The zero-order chi connectivity index (χ0) is 28.3. The van der Waals surface area contributed by atoms with Gasteiger partial charge in [-0.25, -0.2) is 13.2 Å². The lowest BCUT2D eigenvalue weighted by Gasteiger charge is -2.17. The van der Waals surface area contributed by atoms with E-state index < -0.39 is 28.2 Å². The number of halogens is 3. The van der Waals surface area contributed by atoms with Crippen molar-refractivity contribution in [3.05, 3.63) is 58.3 Å². The van der Waals surface area contributed by atoms with Gasteiger partial charge in [0.25, 0.3) is 0 Å². The second-order valence-electron chi connectivity index (χ2n) is 8.09. The van der Waals surface area contributed by atoms with E-state index in [4.69, 9.17) is 25.8 Å². The molecule has 1 aliphatic heterocycles. The van der Waals surface area contributed by atoms with Crippen LogP contribution in [0, 0.1) is 5.41 Å². The summed E-state index contributed by atoms with van der Waals surface area (Å²) in [7, 11) is -2.33. The molecule has 1 aromatic heterocycles.